The summed E-state index contributed by atoms with van der Waals surface area (Å²) in [7, 11) is 0. The van der Waals surface area contributed by atoms with Crippen molar-refractivity contribution in [2.75, 3.05) is 0 Å². The molecule has 0 amide bonds. The summed E-state index contributed by atoms with van der Waals surface area (Å²) in [5.74, 6) is 0.0836. The molecule has 22 heavy (non-hydrogen) atoms. The van der Waals surface area contributed by atoms with E-state index in [0.717, 1.165) is 22.1 Å². The fraction of sp³-hybridized carbons (Fsp3) is 0.125. The van der Waals surface area contributed by atoms with Crippen LogP contribution in [-0.4, -0.2) is 50.7 Å². The van der Waals surface area contributed by atoms with E-state index in [9.17, 15) is 9.59 Å². The first-order valence-electron chi connectivity index (χ1n) is 6.69. The molecule has 2 heterocycles. The minimum atomic E-state index is -0.0620. The van der Waals surface area contributed by atoms with E-state index in [-0.39, 0.29) is 41.5 Å². The summed E-state index contributed by atoms with van der Waals surface area (Å²) in [6.07, 6.45) is 0. The van der Waals surface area contributed by atoms with Crippen molar-refractivity contribution in [3.8, 4) is 0 Å². The van der Waals surface area contributed by atoms with E-state index >= 15 is 0 Å². The van der Waals surface area contributed by atoms with Gasteiger partial charge in [-0.2, -0.15) is 0 Å². The standard InChI is InChI=1S/C16H10N2O2Se2/c1-7(19)15-17-9-3-6-12-14-10(18-16(22-12)8(2)20)4-5-11(21-15)13(9)14/h3-6H,1-2H3. The van der Waals surface area contributed by atoms with Crippen LogP contribution in [0.15, 0.2) is 34.3 Å². The fourth-order valence-electron chi connectivity index (χ4n) is 2.53. The molecule has 2 aromatic rings. The molecule has 0 saturated heterocycles. The first-order chi connectivity index (χ1) is 10.5. The Morgan fingerprint density at radius 2 is 1.18 bits per heavy atom. The molecule has 0 aliphatic carbocycles. The summed E-state index contributed by atoms with van der Waals surface area (Å²) in [5, 5.41) is 2.24. The second-order valence-corrected chi connectivity index (χ2v) is 9.39. The molecule has 4 rings (SSSR count). The first-order valence-corrected chi connectivity index (χ1v) is 10.1. The van der Waals surface area contributed by atoms with Gasteiger partial charge in [0.1, 0.15) is 0 Å². The van der Waals surface area contributed by atoms with Crippen LogP contribution in [0.4, 0.5) is 11.4 Å². The quantitative estimate of drug-likeness (QED) is 0.674. The third-order valence-electron chi connectivity index (χ3n) is 3.50. The van der Waals surface area contributed by atoms with E-state index < -0.39 is 0 Å². The number of Topliss-reactive ketones (excluding diaryl/α,β-unsaturated/α-hetero) is 2. The summed E-state index contributed by atoms with van der Waals surface area (Å²) in [5.41, 5.74) is 1.71. The van der Waals surface area contributed by atoms with Gasteiger partial charge in [0.2, 0.25) is 0 Å². The van der Waals surface area contributed by atoms with Crippen LogP contribution in [0.1, 0.15) is 13.8 Å². The van der Waals surface area contributed by atoms with Gasteiger partial charge in [0.15, 0.2) is 0 Å². The Morgan fingerprint density at radius 3 is 1.55 bits per heavy atom. The van der Waals surface area contributed by atoms with Crippen LogP contribution in [0.3, 0.4) is 0 Å². The van der Waals surface area contributed by atoms with Gasteiger partial charge in [-0.3, -0.25) is 0 Å². The van der Waals surface area contributed by atoms with Gasteiger partial charge < -0.3 is 0 Å². The van der Waals surface area contributed by atoms with Crippen molar-refractivity contribution in [2.45, 2.75) is 13.8 Å². The van der Waals surface area contributed by atoms with Gasteiger partial charge in [0.25, 0.3) is 0 Å². The molecule has 0 aromatic heterocycles. The van der Waals surface area contributed by atoms with Gasteiger partial charge in [0.05, 0.1) is 0 Å². The van der Waals surface area contributed by atoms with Gasteiger partial charge in [-0.05, 0) is 0 Å². The number of carbonyl (C=O) groups excluding carboxylic acids is 2. The molecule has 2 aromatic carbocycles. The molecule has 0 fully saturated rings. The Bertz CT molecular complexity index is 868. The number of hydrogen-bond donors (Lipinski definition) is 0. The second-order valence-electron chi connectivity index (χ2n) is 5.07. The average Bonchev–Trinajstić information content (AvgIpc) is 2.51. The molecular weight excluding hydrogens is 410 g/mol. The van der Waals surface area contributed by atoms with Crippen LogP contribution < -0.4 is 8.92 Å². The molecular formula is C16H10N2O2Se2. The number of hydrogen-bond acceptors (Lipinski definition) is 4. The van der Waals surface area contributed by atoms with E-state index in [2.05, 4.69) is 9.98 Å². The topological polar surface area (TPSA) is 58.9 Å². The number of aliphatic imine (C=N–C) groups is 2. The summed E-state index contributed by atoms with van der Waals surface area (Å²) in [6, 6.07) is 7.99. The van der Waals surface area contributed by atoms with E-state index in [1.807, 2.05) is 24.3 Å². The van der Waals surface area contributed by atoms with Gasteiger partial charge in [0, 0.05) is 0 Å². The molecule has 2 aliphatic rings. The molecule has 4 nitrogen and oxygen atoms in total. The number of nitrogens with zero attached hydrogens (tertiary/aromatic N) is 2. The van der Waals surface area contributed by atoms with Crippen molar-refractivity contribution in [2.24, 2.45) is 9.98 Å². The Hall–Kier alpha value is -1.58. The van der Waals surface area contributed by atoms with Crippen LogP contribution in [0.2, 0.25) is 0 Å². The number of benzene rings is 2. The SMILES string of the molecule is CC(=O)C1=Nc2ccc3c4c(ccc(c24)[Se]1)N=C(C(C)=O)[Se]3. The van der Waals surface area contributed by atoms with E-state index in [1.54, 1.807) is 13.8 Å². The zero-order chi connectivity index (χ0) is 15.4. The minimum absolute atomic E-state index is 0.0418. The molecule has 0 atom stereocenters. The monoisotopic (exact) mass is 422 g/mol. The molecule has 0 radical (unpaired) electrons. The van der Waals surface area contributed by atoms with E-state index in [4.69, 9.17) is 0 Å². The molecule has 0 bridgehead atoms. The molecule has 108 valence electrons. The summed E-state index contributed by atoms with van der Waals surface area (Å²) >= 11 is -0.124. The fourth-order valence-corrected chi connectivity index (χ4v) is 6.48. The maximum absolute atomic E-state index is 11.7. The molecule has 0 N–H and O–H groups in total. The molecule has 6 heteroatoms. The number of ketones is 2. The summed E-state index contributed by atoms with van der Waals surface area (Å²) in [6.45, 7) is 3.14. The first kappa shape index (κ1) is 14.0. The van der Waals surface area contributed by atoms with Crippen LogP contribution in [0.25, 0.3) is 10.8 Å². The van der Waals surface area contributed by atoms with Crippen molar-refractivity contribution in [3.63, 3.8) is 0 Å². The number of carbonyl (C=O) groups is 2. The van der Waals surface area contributed by atoms with E-state index in [0.29, 0.717) is 9.22 Å². The summed E-state index contributed by atoms with van der Waals surface area (Å²) < 4.78 is 3.69. The van der Waals surface area contributed by atoms with Crippen molar-refractivity contribution >= 4 is 81.8 Å². The third kappa shape index (κ3) is 2.03. The zero-order valence-electron chi connectivity index (χ0n) is 11.8. The van der Waals surface area contributed by atoms with Gasteiger partial charge in [-0.25, -0.2) is 0 Å². The van der Waals surface area contributed by atoms with Crippen LogP contribution in [-0.2, 0) is 9.59 Å². The Labute approximate surface area is 139 Å². The molecule has 0 unspecified atom stereocenters. The normalized spacial score (nSPS) is 15.4. The van der Waals surface area contributed by atoms with Crippen molar-refractivity contribution < 1.29 is 9.59 Å². The van der Waals surface area contributed by atoms with Crippen molar-refractivity contribution in [1.29, 1.82) is 0 Å². The van der Waals surface area contributed by atoms with Gasteiger partial charge in [-0.1, -0.05) is 0 Å². The van der Waals surface area contributed by atoms with Crippen LogP contribution >= 0.6 is 0 Å². The number of rotatable bonds is 2. The Kier molecular flexibility index (Phi) is 3.17. The molecule has 2 aliphatic heterocycles. The van der Waals surface area contributed by atoms with Crippen molar-refractivity contribution in [3.05, 3.63) is 24.3 Å². The zero-order valence-corrected chi connectivity index (χ0v) is 15.3. The predicted molar refractivity (Wildman–Crippen MR) is 90.3 cm³/mol. The van der Waals surface area contributed by atoms with Crippen LogP contribution in [0.5, 0.6) is 0 Å². The predicted octanol–water partition coefficient (Wildman–Crippen LogP) is 0.764. The second kappa shape index (κ2) is 4.97. The summed E-state index contributed by atoms with van der Waals surface area (Å²) in [4.78, 5) is 32.4. The van der Waals surface area contributed by atoms with Gasteiger partial charge in [-0.15, -0.1) is 0 Å². The Morgan fingerprint density at radius 1 is 0.773 bits per heavy atom. The Balaban J connectivity index is 2.04. The van der Waals surface area contributed by atoms with Crippen molar-refractivity contribution in [1.82, 2.24) is 0 Å². The van der Waals surface area contributed by atoms with Crippen LogP contribution in [0, 0.1) is 0 Å². The maximum atomic E-state index is 11.7. The van der Waals surface area contributed by atoms with Gasteiger partial charge >= 0.3 is 139 Å². The average molecular weight is 420 g/mol. The third-order valence-corrected chi connectivity index (χ3v) is 8.25. The molecule has 0 spiro atoms. The molecule has 0 saturated carbocycles. The van der Waals surface area contributed by atoms with E-state index in [1.165, 1.54) is 8.92 Å².